The van der Waals surface area contributed by atoms with Gasteiger partial charge in [-0.1, -0.05) is 29.5 Å². The second kappa shape index (κ2) is 7.69. The first-order chi connectivity index (χ1) is 13.6. The lowest BCUT2D eigenvalue weighted by molar-refractivity contribution is 0.463. The number of aryl methyl sites for hydroxylation is 2. The van der Waals surface area contributed by atoms with E-state index in [2.05, 4.69) is 30.5 Å². The minimum Gasteiger partial charge on any atom is -0.469 e. The van der Waals surface area contributed by atoms with Crippen molar-refractivity contribution in [1.29, 1.82) is 0 Å². The molecule has 3 heterocycles. The Balaban J connectivity index is 1.45. The summed E-state index contributed by atoms with van der Waals surface area (Å²) in [7, 11) is 0. The highest BCUT2D eigenvalue weighted by atomic mass is 32.2. The highest BCUT2D eigenvalue weighted by Gasteiger charge is 2.14. The Hall–Kier alpha value is -3.40. The van der Waals surface area contributed by atoms with Crippen LogP contribution in [0, 0.1) is 13.8 Å². The molecule has 0 radical (unpaired) electrons. The van der Waals surface area contributed by atoms with Crippen molar-refractivity contribution < 1.29 is 8.83 Å². The summed E-state index contributed by atoms with van der Waals surface area (Å²) in [5, 5.41) is 11.6. The van der Waals surface area contributed by atoms with Gasteiger partial charge in [-0.25, -0.2) is 0 Å². The van der Waals surface area contributed by atoms with E-state index in [-0.39, 0.29) is 5.95 Å². The Morgan fingerprint density at radius 1 is 1.04 bits per heavy atom. The zero-order valence-electron chi connectivity index (χ0n) is 15.2. The number of nitrogens with zero attached hydrogens (tertiary/aromatic N) is 5. The van der Waals surface area contributed by atoms with Gasteiger partial charge in [0.25, 0.3) is 11.1 Å². The SMILES string of the molecule is Cc1ccc(Nc2nc(N)nc(CSc3nnc(-c4ccoc4C)o3)n2)cc1. The largest absolute Gasteiger partial charge is 0.469 e. The highest BCUT2D eigenvalue weighted by molar-refractivity contribution is 7.98. The topological polar surface area (TPSA) is 129 Å². The summed E-state index contributed by atoms with van der Waals surface area (Å²) < 4.78 is 10.9. The number of nitrogens with two attached hydrogens (primary N) is 1. The quantitative estimate of drug-likeness (QED) is 0.466. The maximum atomic E-state index is 5.82. The minimum atomic E-state index is 0.139. The minimum absolute atomic E-state index is 0.139. The fourth-order valence-electron chi connectivity index (χ4n) is 2.43. The standard InChI is InChI=1S/C18H17N7O2S/c1-10-3-5-12(6-4-10)20-17-22-14(21-16(19)23-17)9-28-18-25-24-15(27-18)13-7-8-26-11(13)2/h3-8H,9H2,1-2H3,(H3,19,20,21,22,23). The molecule has 0 atom stereocenters. The summed E-state index contributed by atoms with van der Waals surface area (Å²) in [4.78, 5) is 12.7. The predicted molar refractivity (Wildman–Crippen MR) is 105 cm³/mol. The zero-order chi connectivity index (χ0) is 19.5. The number of nitrogen functional groups attached to an aromatic ring is 1. The van der Waals surface area contributed by atoms with Crippen LogP contribution in [0.2, 0.25) is 0 Å². The summed E-state index contributed by atoms with van der Waals surface area (Å²) >= 11 is 1.32. The summed E-state index contributed by atoms with van der Waals surface area (Å²) in [6, 6.07) is 9.67. The van der Waals surface area contributed by atoms with E-state index in [0.717, 1.165) is 17.0 Å². The number of furan rings is 1. The molecule has 0 saturated carbocycles. The molecule has 3 N–H and O–H groups in total. The van der Waals surface area contributed by atoms with Crippen molar-refractivity contribution in [1.82, 2.24) is 25.1 Å². The molecule has 0 bridgehead atoms. The van der Waals surface area contributed by atoms with Gasteiger partial charge in [-0.05, 0) is 32.0 Å². The van der Waals surface area contributed by atoms with Crippen LogP contribution in [0.5, 0.6) is 0 Å². The van der Waals surface area contributed by atoms with Crippen molar-refractivity contribution in [3.63, 3.8) is 0 Å². The lowest BCUT2D eigenvalue weighted by Crippen LogP contribution is -2.06. The number of aromatic nitrogens is 5. The van der Waals surface area contributed by atoms with Gasteiger partial charge in [0.1, 0.15) is 11.6 Å². The van der Waals surface area contributed by atoms with Gasteiger partial charge in [-0.15, -0.1) is 10.2 Å². The summed E-state index contributed by atoms with van der Waals surface area (Å²) in [5.74, 6) is 2.56. The van der Waals surface area contributed by atoms with Crippen molar-refractivity contribution in [2.45, 2.75) is 24.8 Å². The molecule has 0 spiro atoms. The molecule has 0 unspecified atom stereocenters. The van der Waals surface area contributed by atoms with E-state index in [4.69, 9.17) is 14.6 Å². The van der Waals surface area contributed by atoms with Crippen molar-refractivity contribution >= 4 is 29.3 Å². The number of nitrogens with one attached hydrogen (secondary N) is 1. The van der Waals surface area contributed by atoms with E-state index in [9.17, 15) is 0 Å². The van der Waals surface area contributed by atoms with Crippen LogP contribution in [0.25, 0.3) is 11.5 Å². The van der Waals surface area contributed by atoms with E-state index in [0.29, 0.717) is 28.6 Å². The number of hydrogen-bond acceptors (Lipinski definition) is 10. The molecule has 28 heavy (non-hydrogen) atoms. The summed E-state index contributed by atoms with van der Waals surface area (Å²) in [6.07, 6.45) is 1.58. The Labute approximate surface area is 164 Å². The fourth-order valence-corrected chi connectivity index (χ4v) is 3.05. The van der Waals surface area contributed by atoms with Gasteiger partial charge in [0.05, 0.1) is 17.6 Å². The third-order valence-electron chi connectivity index (χ3n) is 3.83. The van der Waals surface area contributed by atoms with Crippen molar-refractivity contribution in [3.05, 3.63) is 53.7 Å². The average Bonchev–Trinajstić information content (AvgIpc) is 3.30. The Morgan fingerprint density at radius 2 is 1.86 bits per heavy atom. The molecule has 9 nitrogen and oxygen atoms in total. The number of anilines is 3. The molecule has 0 aliphatic carbocycles. The molecule has 0 saturated heterocycles. The first kappa shape index (κ1) is 18.0. The molecule has 3 aromatic heterocycles. The maximum absolute atomic E-state index is 5.82. The first-order valence-corrected chi connectivity index (χ1v) is 9.40. The summed E-state index contributed by atoms with van der Waals surface area (Å²) in [5.41, 5.74) is 8.63. The third kappa shape index (κ3) is 4.12. The monoisotopic (exact) mass is 395 g/mol. The Bertz CT molecular complexity index is 1090. The molecule has 4 rings (SSSR count). The molecule has 0 fully saturated rings. The van der Waals surface area contributed by atoms with E-state index in [1.165, 1.54) is 17.3 Å². The second-order valence-corrected chi connectivity index (χ2v) is 6.90. The van der Waals surface area contributed by atoms with Crippen LogP contribution in [0.4, 0.5) is 17.6 Å². The average molecular weight is 395 g/mol. The van der Waals surface area contributed by atoms with Crippen LogP contribution in [0.1, 0.15) is 17.1 Å². The Morgan fingerprint density at radius 3 is 2.61 bits per heavy atom. The van der Waals surface area contributed by atoms with Gasteiger partial charge in [-0.2, -0.15) is 15.0 Å². The van der Waals surface area contributed by atoms with Gasteiger partial charge in [-0.3, -0.25) is 0 Å². The molecule has 0 amide bonds. The van der Waals surface area contributed by atoms with E-state index < -0.39 is 0 Å². The second-order valence-electron chi connectivity index (χ2n) is 5.98. The number of benzene rings is 1. The van der Waals surface area contributed by atoms with Gasteiger partial charge < -0.3 is 19.9 Å². The molecule has 4 aromatic rings. The summed E-state index contributed by atoms with van der Waals surface area (Å²) in [6.45, 7) is 3.86. The van der Waals surface area contributed by atoms with Crippen LogP contribution in [-0.2, 0) is 5.75 Å². The maximum Gasteiger partial charge on any atom is 0.277 e. The van der Waals surface area contributed by atoms with Crippen LogP contribution in [0.15, 0.2) is 50.7 Å². The first-order valence-electron chi connectivity index (χ1n) is 8.42. The molecular formula is C18H17N7O2S. The van der Waals surface area contributed by atoms with E-state index in [1.807, 2.05) is 38.1 Å². The lowest BCUT2D eigenvalue weighted by atomic mass is 10.2. The van der Waals surface area contributed by atoms with Gasteiger partial charge in [0, 0.05) is 5.69 Å². The van der Waals surface area contributed by atoms with Crippen LogP contribution in [-0.4, -0.2) is 25.1 Å². The van der Waals surface area contributed by atoms with Crippen molar-refractivity contribution in [2.75, 3.05) is 11.1 Å². The van der Waals surface area contributed by atoms with Gasteiger partial charge in [0.2, 0.25) is 11.9 Å². The molecular weight excluding hydrogens is 378 g/mol. The Kier molecular flexibility index (Phi) is 4.94. The molecule has 0 aliphatic heterocycles. The van der Waals surface area contributed by atoms with Crippen molar-refractivity contribution in [2.24, 2.45) is 0 Å². The van der Waals surface area contributed by atoms with Crippen LogP contribution in [0.3, 0.4) is 0 Å². The fraction of sp³-hybridized carbons (Fsp3) is 0.167. The van der Waals surface area contributed by atoms with Gasteiger partial charge >= 0.3 is 0 Å². The van der Waals surface area contributed by atoms with E-state index >= 15 is 0 Å². The van der Waals surface area contributed by atoms with Crippen LogP contribution < -0.4 is 11.1 Å². The number of rotatable bonds is 6. The van der Waals surface area contributed by atoms with Crippen LogP contribution >= 0.6 is 11.8 Å². The van der Waals surface area contributed by atoms with E-state index in [1.54, 1.807) is 12.3 Å². The normalized spacial score (nSPS) is 10.9. The predicted octanol–water partition coefficient (Wildman–Crippen LogP) is 3.75. The lowest BCUT2D eigenvalue weighted by Gasteiger charge is -2.07. The van der Waals surface area contributed by atoms with Gasteiger partial charge in [0.15, 0.2) is 0 Å². The molecule has 142 valence electrons. The molecule has 1 aromatic carbocycles. The smallest absolute Gasteiger partial charge is 0.277 e. The number of hydrogen-bond donors (Lipinski definition) is 2. The number of thioether (sulfide) groups is 1. The molecule has 0 aliphatic rings. The van der Waals surface area contributed by atoms with Crippen molar-refractivity contribution in [3.8, 4) is 11.5 Å². The zero-order valence-corrected chi connectivity index (χ0v) is 16.0. The highest BCUT2D eigenvalue weighted by Crippen LogP contribution is 2.27. The third-order valence-corrected chi connectivity index (χ3v) is 4.64. The molecule has 10 heteroatoms.